The zero-order valence-corrected chi connectivity index (χ0v) is 14.4. The Bertz CT molecular complexity index is 519. The highest BCUT2D eigenvalue weighted by molar-refractivity contribution is 7.84. The number of halogens is 1. The van der Waals surface area contributed by atoms with Gasteiger partial charge in [0, 0.05) is 5.54 Å². The Morgan fingerprint density at radius 1 is 1.24 bits per heavy atom. The number of hydrogen-bond donors (Lipinski definition) is 1. The number of hydrogen-bond acceptors (Lipinski definition) is 1. The molecule has 0 aliphatic heterocycles. The van der Waals surface area contributed by atoms with Crippen LogP contribution in [0, 0.1) is 5.82 Å². The minimum atomic E-state index is -1.17. The van der Waals surface area contributed by atoms with E-state index in [0.29, 0.717) is 12.8 Å². The van der Waals surface area contributed by atoms with Crippen LogP contribution in [0.15, 0.2) is 36.4 Å². The first-order valence-corrected chi connectivity index (χ1v) is 8.25. The summed E-state index contributed by atoms with van der Waals surface area (Å²) >= 11 is 0. The Morgan fingerprint density at radius 2 is 1.76 bits per heavy atom. The second kappa shape index (κ2) is 6.84. The molecule has 1 aromatic rings. The molecule has 1 rings (SSSR count). The van der Waals surface area contributed by atoms with E-state index in [9.17, 15) is 8.60 Å². The lowest BCUT2D eigenvalue weighted by Gasteiger charge is -2.34. The zero-order chi connectivity index (χ0) is 16.3. The molecule has 2 atom stereocenters. The lowest BCUT2D eigenvalue weighted by Crippen LogP contribution is -2.49. The largest absolute Gasteiger partial charge is 0.242 e. The summed E-state index contributed by atoms with van der Waals surface area (Å²) in [7, 11) is -1.17. The van der Waals surface area contributed by atoms with Crippen LogP contribution >= 0.6 is 0 Å². The molecule has 1 N–H and O–H groups in total. The molecule has 0 heterocycles. The second-order valence-electron chi connectivity index (χ2n) is 6.98. The fraction of sp³-hybridized carbons (Fsp3) is 0.529. The first-order valence-electron chi connectivity index (χ1n) is 7.10. The zero-order valence-electron chi connectivity index (χ0n) is 13.6. The van der Waals surface area contributed by atoms with E-state index in [4.69, 9.17) is 0 Å². The first kappa shape index (κ1) is 18.1. The summed E-state index contributed by atoms with van der Waals surface area (Å²) in [6.07, 6.45) is 1.38. The van der Waals surface area contributed by atoms with Crippen LogP contribution in [-0.4, -0.2) is 14.5 Å². The van der Waals surface area contributed by atoms with Gasteiger partial charge in [0.25, 0.3) is 0 Å². The monoisotopic (exact) mass is 311 g/mol. The van der Waals surface area contributed by atoms with Crippen LogP contribution in [0.1, 0.15) is 46.6 Å². The van der Waals surface area contributed by atoms with E-state index in [1.54, 1.807) is 12.1 Å². The van der Waals surface area contributed by atoms with Gasteiger partial charge < -0.3 is 0 Å². The Kier molecular flexibility index (Phi) is 5.88. The maximum Gasteiger partial charge on any atom is 0.123 e. The van der Waals surface area contributed by atoms with Crippen LogP contribution in [0.4, 0.5) is 4.39 Å². The topological polar surface area (TPSA) is 29.1 Å². The lowest BCUT2D eigenvalue weighted by atomic mass is 9.88. The molecule has 0 aliphatic rings. The molecule has 0 fully saturated rings. The highest BCUT2D eigenvalue weighted by Gasteiger charge is 2.31. The van der Waals surface area contributed by atoms with E-state index in [1.807, 2.05) is 34.6 Å². The summed E-state index contributed by atoms with van der Waals surface area (Å²) in [6, 6.07) is 6.45. The highest BCUT2D eigenvalue weighted by atomic mass is 32.2. The van der Waals surface area contributed by atoms with Gasteiger partial charge in [-0.1, -0.05) is 17.7 Å². The molecule has 2 nitrogen and oxygen atoms in total. The molecule has 118 valence electrons. The van der Waals surface area contributed by atoms with Gasteiger partial charge in [-0.25, -0.2) is 13.3 Å². The van der Waals surface area contributed by atoms with Crippen LogP contribution in [0.2, 0.25) is 0 Å². The van der Waals surface area contributed by atoms with Gasteiger partial charge >= 0.3 is 0 Å². The molecule has 2 unspecified atom stereocenters. The van der Waals surface area contributed by atoms with Crippen LogP contribution in [0.3, 0.4) is 0 Å². The average molecular weight is 311 g/mol. The van der Waals surface area contributed by atoms with Gasteiger partial charge in [0.2, 0.25) is 0 Å². The quantitative estimate of drug-likeness (QED) is 0.786. The Balaban J connectivity index is 2.95. The molecule has 0 radical (unpaired) electrons. The van der Waals surface area contributed by atoms with Crippen LogP contribution in [0.25, 0.3) is 0 Å². The van der Waals surface area contributed by atoms with E-state index in [1.165, 1.54) is 12.1 Å². The van der Waals surface area contributed by atoms with E-state index >= 15 is 0 Å². The van der Waals surface area contributed by atoms with Gasteiger partial charge in [0.1, 0.15) is 5.82 Å². The third-order valence-electron chi connectivity index (χ3n) is 3.09. The molecule has 0 saturated carbocycles. The summed E-state index contributed by atoms with van der Waals surface area (Å²) in [6.45, 7) is 13.8. The van der Waals surface area contributed by atoms with Crippen molar-refractivity contribution in [2.45, 2.75) is 57.7 Å². The van der Waals surface area contributed by atoms with Crippen molar-refractivity contribution < 1.29 is 8.60 Å². The molecule has 0 aliphatic carbocycles. The lowest BCUT2D eigenvalue weighted by molar-refractivity contribution is 0.415. The van der Waals surface area contributed by atoms with Crippen LogP contribution in [0.5, 0.6) is 0 Å². The van der Waals surface area contributed by atoms with Crippen molar-refractivity contribution >= 4 is 11.0 Å². The molecular formula is C17H26FNOS. The van der Waals surface area contributed by atoms with E-state index < -0.39 is 11.0 Å². The van der Waals surface area contributed by atoms with Crippen molar-refractivity contribution in [1.29, 1.82) is 0 Å². The summed E-state index contributed by atoms with van der Waals surface area (Å²) in [5, 5.41) is 0. The van der Waals surface area contributed by atoms with E-state index in [2.05, 4.69) is 11.3 Å². The molecule has 4 heteroatoms. The molecular weight excluding hydrogens is 285 g/mol. The van der Waals surface area contributed by atoms with Crippen molar-refractivity contribution in [3.8, 4) is 0 Å². The smallest absolute Gasteiger partial charge is 0.123 e. The van der Waals surface area contributed by atoms with Crippen LogP contribution < -0.4 is 4.72 Å². The third-order valence-corrected chi connectivity index (χ3v) is 4.89. The fourth-order valence-corrected chi connectivity index (χ4v) is 3.13. The summed E-state index contributed by atoms with van der Waals surface area (Å²) in [5.74, 6) is -0.244. The van der Waals surface area contributed by atoms with Gasteiger partial charge in [0.15, 0.2) is 0 Å². The fourth-order valence-electron chi connectivity index (χ4n) is 2.23. The summed E-state index contributed by atoms with van der Waals surface area (Å²) < 4.78 is 28.3. The molecule has 0 amide bonds. The molecule has 21 heavy (non-hydrogen) atoms. The van der Waals surface area contributed by atoms with Crippen molar-refractivity contribution in [3.05, 3.63) is 47.8 Å². The maximum atomic E-state index is 13.0. The predicted octanol–water partition coefficient (Wildman–Crippen LogP) is 4.14. The predicted molar refractivity (Wildman–Crippen MR) is 89.0 cm³/mol. The standard InChI is InChI=1S/C17H26FNOS/c1-13(2)11-17(6,19-21(20)16(3,4)5)12-14-7-9-15(18)10-8-14/h7-10,19H,1,11-12H2,2-6H3. The van der Waals surface area contributed by atoms with E-state index in [-0.39, 0.29) is 16.1 Å². The first-order chi connectivity index (χ1) is 9.52. The van der Waals surface area contributed by atoms with Gasteiger partial charge in [-0.3, -0.25) is 0 Å². The number of rotatable bonds is 6. The Morgan fingerprint density at radius 3 is 2.19 bits per heavy atom. The average Bonchev–Trinajstić information content (AvgIpc) is 2.29. The minimum Gasteiger partial charge on any atom is -0.242 e. The Hall–Kier alpha value is -1.00. The van der Waals surface area contributed by atoms with Crippen LogP contribution in [-0.2, 0) is 17.4 Å². The van der Waals surface area contributed by atoms with E-state index in [0.717, 1.165) is 11.1 Å². The number of nitrogens with one attached hydrogen (secondary N) is 1. The van der Waals surface area contributed by atoms with Gasteiger partial charge in [0.05, 0.1) is 15.7 Å². The third kappa shape index (κ3) is 6.10. The Labute approximate surface area is 130 Å². The summed E-state index contributed by atoms with van der Waals surface area (Å²) in [5.41, 5.74) is 1.67. The van der Waals surface area contributed by atoms with Crippen molar-refractivity contribution in [2.75, 3.05) is 0 Å². The van der Waals surface area contributed by atoms with Gasteiger partial charge in [-0.05, 0) is 65.2 Å². The van der Waals surface area contributed by atoms with Crippen molar-refractivity contribution in [2.24, 2.45) is 0 Å². The maximum absolute atomic E-state index is 13.0. The highest BCUT2D eigenvalue weighted by Crippen LogP contribution is 2.24. The summed E-state index contributed by atoms with van der Waals surface area (Å²) in [4.78, 5) is 0. The SMILES string of the molecule is C=C(C)CC(C)(Cc1ccc(F)cc1)NS(=O)C(C)(C)C. The normalized spacial score (nSPS) is 16.3. The number of benzene rings is 1. The van der Waals surface area contributed by atoms with Gasteiger partial charge in [-0.2, -0.15) is 0 Å². The minimum absolute atomic E-state index is 0.244. The van der Waals surface area contributed by atoms with Crippen molar-refractivity contribution in [1.82, 2.24) is 4.72 Å². The second-order valence-corrected chi connectivity index (χ2v) is 8.95. The molecule has 0 bridgehead atoms. The molecule has 0 saturated heterocycles. The molecule has 0 aromatic heterocycles. The molecule has 0 spiro atoms. The van der Waals surface area contributed by atoms with Crippen molar-refractivity contribution in [3.63, 3.8) is 0 Å². The molecule has 1 aromatic carbocycles. The van der Waals surface area contributed by atoms with Gasteiger partial charge in [-0.15, -0.1) is 6.58 Å².